The van der Waals surface area contributed by atoms with Gasteiger partial charge in [-0.1, -0.05) is 133 Å². The van der Waals surface area contributed by atoms with E-state index in [1.165, 1.54) is 0 Å². The largest absolute Gasteiger partial charge is 0.376 e. The third-order valence-electron chi connectivity index (χ3n) is 8.88. The smallest absolute Gasteiger partial charge is 0.141 e. The zero-order chi connectivity index (χ0) is 28.9. The van der Waals surface area contributed by atoms with Gasteiger partial charge in [0.1, 0.15) is 11.2 Å². The Bertz CT molecular complexity index is 1830. The maximum atomic E-state index is 13.3. The Balaban J connectivity index is 1.62. The number of benzene rings is 6. The Morgan fingerprint density at radius 1 is 0.333 bits per heavy atom. The van der Waals surface area contributed by atoms with Crippen LogP contribution in [-0.2, 0) is 11.2 Å². The van der Waals surface area contributed by atoms with Crippen LogP contribution in [0.2, 0.25) is 0 Å². The van der Waals surface area contributed by atoms with Gasteiger partial charge < -0.3 is 10.2 Å². The SMILES string of the molecule is Cc1ccccc1C1(O)c2ccc(-c3ccccc3)cc2C(O)(c2ccccc2C)c2cc(-c3ccccc3)ccc21. The van der Waals surface area contributed by atoms with E-state index in [1.54, 1.807) is 0 Å². The summed E-state index contributed by atoms with van der Waals surface area (Å²) in [6, 6.07) is 48.7. The highest BCUT2D eigenvalue weighted by Gasteiger charge is 2.52. The maximum Gasteiger partial charge on any atom is 0.141 e. The monoisotopic (exact) mass is 544 g/mol. The van der Waals surface area contributed by atoms with Crippen molar-refractivity contribution in [2.75, 3.05) is 0 Å². The topological polar surface area (TPSA) is 40.5 Å². The van der Waals surface area contributed by atoms with Gasteiger partial charge in [-0.05, 0) is 81.6 Å². The van der Waals surface area contributed by atoms with Crippen LogP contribution in [0.5, 0.6) is 0 Å². The second-order valence-electron chi connectivity index (χ2n) is 11.3. The maximum absolute atomic E-state index is 13.3. The Morgan fingerprint density at radius 2 is 0.690 bits per heavy atom. The first-order valence-corrected chi connectivity index (χ1v) is 14.4. The van der Waals surface area contributed by atoms with Crippen molar-refractivity contribution < 1.29 is 10.2 Å². The molecular weight excluding hydrogens is 512 g/mol. The fourth-order valence-electron chi connectivity index (χ4n) is 6.77. The van der Waals surface area contributed by atoms with Crippen molar-refractivity contribution in [1.29, 1.82) is 0 Å². The lowest BCUT2D eigenvalue weighted by atomic mass is 9.62. The van der Waals surface area contributed by atoms with Crippen LogP contribution in [0.25, 0.3) is 22.3 Å². The minimum Gasteiger partial charge on any atom is -0.376 e. The molecule has 0 atom stereocenters. The molecule has 0 bridgehead atoms. The van der Waals surface area contributed by atoms with E-state index in [1.807, 2.05) is 111 Å². The summed E-state index contributed by atoms with van der Waals surface area (Å²) in [6.45, 7) is 4.07. The van der Waals surface area contributed by atoms with Crippen LogP contribution in [-0.4, -0.2) is 10.2 Å². The van der Waals surface area contributed by atoms with E-state index in [4.69, 9.17) is 0 Å². The molecule has 0 aromatic heterocycles. The van der Waals surface area contributed by atoms with Crippen molar-refractivity contribution in [2.45, 2.75) is 25.0 Å². The lowest BCUT2D eigenvalue weighted by Crippen LogP contribution is -2.44. The van der Waals surface area contributed by atoms with Crippen LogP contribution in [0.1, 0.15) is 44.5 Å². The molecule has 1 aliphatic carbocycles. The van der Waals surface area contributed by atoms with Gasteiger partial charge in [-0.25, -0.2) is 0 Å². The molecule has 2 N–H and O–H groups in total. The molecular formula is C40H32O2. The first-order chi connectivity index (χ1) is 20.4. The van der Waals surface area contributed by atoms with Crippen molar-refractivity contribution >= 4 is 0 Å². The summed E-state index contributed by atoms with van der Waals surface area (Å²) >= 11 is 0. The molecule has 0 saturated carbocycles. The lowest BCUT2D eigenvalue weighted by Gasteiger charge is -2.46. The summed E-state index contributed by atoms with van der Waals surface area (Å²) < 4.78 is 0. The van der Waals surface area contributed by atoms with Crippen molar-refractivity contribution in [3.05, 3.63) is 190 Å². The number of aliphatic hydroxyl groups is 2. The summed E-state index contributed by atoms with van der Waals surface area (Å²) in [4.78, 5) is 0. The lowest BCUT2D eigenvalue weighted by molar-refractivity contribution is 0.0742. The van der Waals surface area contributed by atoms with Crippen molar-refractivity contribution in [3.63, 3.8) is 0 Å². The molecule has 7 rings (SSSR count). The highest BCUT2D eigenvalue weighted by Crippen LogP contribution is 2.55. The average molecular weight is 545 g/mol. The molecule has 0 unspecified atom stereocenters. The van der Waals surface area contributed by atoms with Crippen LogP contribution in [0.15, 0.2) is 146 Å². The Morgan fingerprint density at radius 3 is 1.10 bits per heavy atom. The van der Waals surface area contributed by atoms with Gasteiger partial charge in [-0.2, -0.15) is 0 Å². The van der Waals surface area contributed by atoms with E-state index in [2.05, 4.69) is 48.5 Å². The van der Waals surface area contributed by atoms with E-state index < -0.39 is 11.2 Å². The minimum absolute atomic E-state index is 0.682. The first kappa shape index (κ1) is 26.2. The van der Waals surface area contributed by atoms with Gasteiger partial charge in [0.15, 0.2) is 0 Å². The quantitative estimate of drug-likeness (QED) is 0.234. The predicted octanol–water partition coefficient (Wildman–Crippen LogP) is 8.52. The van der Waals surface area contributed by atoms with E-state index >= 15 is 0 Å². The number of aryl methyl sites for hydroxylation is 2. The molecule has 0 amide bonds. The van der Waals surface area contributed by atoms with Crippen molar-refractivity contribution in [3.8, 4) is 22.3 Å². The molecule has 0 saturated heterocycles. The molecule has 204 valence electrons. The highest BCUT2D eigenvalue weighted by atomic mass is 16.3. The third kappa shape index (κ3) is 3.88. The molecule has 1 aliphatic rings. The first-order valence-electron chi connectivity index (χ1n) is 14.4. The second kappa shape index (κ2) is 9.95. The molecule has 6 aromatic carbocycles. The molecule has 0 aliphatic heterocycles. The van der Waals surface area contributed by atoms with E-state index in [-0.39, 0.29) is 0 Å². The molecule has 0 spiro atoms. The van der Waals surface area contributed by atoms with Crippen LogP contribution >= 0.6 is 0 Å². The normalized spacial score (nSPS) is 19.1. The molecule has 0 radical (unpaired) electrons. The highest BCUT2D eigenvalue weighted by molar-refractivity contribution is 5.75. The van der Waals surface area contributed by atoms with Crippen LogP contribution in [0.4, 0.5) is 0 Å². The zero-order valence-electron chi connectivity index (χ0n) is 23.8. The van der Waals surface area contributed by atoms with Gasteiger partial charge >= 0.3 is 0 Å². The summed E-state index contributed by atoms with van der Waals surface area (Å²) in [7, 11) is 0. The zero-order valence-corrected chi connectivity index (χ0v) is 23.8. The second-order valence-corrected chi connectivity index (χ2v) is 11.3. The van der Waals surface area contributed by atoms with Gasteiger partial charge in [-0.15, -0.1) is 0 Å². The number of fused-ring (bicyclic) bond motifs is 2. The van der Waals surface area contributed by atoms with Crippen LogP contribution in [0, 0.1) is 13.8 Å². The van der Waals surface area contributed by atoms with Crippen LogP contribution in [0.3, 0.4) is 0 Å². The third-order valence-corrected chi connectivity index (χ3v) is 8.88. The van der Waals surface area contributed by atoms with E-state index in [0.29, 0.717) is 22.3 Å². The van der Waals surface area contributed by atoms with Crippen LogP contribution < -0.4 is 0 Å². The number of rotatable bonds is 4. The van der Waals surface area contributed by atoms with Gasteiger partial charge in [0.25, 0.3) is 0 Å². The number of hydrogen-bond acceptors (Lipinski definition) is 2. The van der Waals surface area contributed by atoms with Gasteiger partial charge in [0.05, 0.1) is 0 Å². The summed E-state index contributed by atoms with van der Waals surface area (Å²) in [6.07, 6.45) is 0. The molecule has 2 heteroatoms. The van der Waals surface area contributed by atoms with Gasteiger partial charge in [0, 0.05) is 11.1 Å². The Hall–Kier alpha value is -4.76. The minimum atomic E-state index is -1.51. The Labute approximate surface area is 247 Å². The van der Waals surface area contributed by atoms with Gasteiger partial charge in [0.2, 0.25) is 0 Å². The average Bonchev–Trinajstić information content (AvgIpc) is 3.04. The fraction of sp³-hybridized carbons (Fsp3) is 0.100. The standard InChI is InChI=1S/C40H32O2/c1-27-13-9-11-19-33(27)39(41)35-23-21-31(29-15-5-3-6-16-29)25-37(35)40(42,34-20-12-10-14-28(34)2)38-26-32(22-24-36(38)39)30-17-7-4-8-18-30/h3-26,41-42H,1-2H3. The molecule has 42 heavy (non-hydrogen) atoms. The van der Waals surface area contributed by atoms with E-state index in [9.17, 15) is 10.2 Å². The Kier molecular flexibility index (Phi) is 6.20. The predicted molar refractivity (Wildman–Crippen MR) is 170 cm³/mol. The summed E-state index contributed by atoms with van der Waals surface area (Å²) in [5.41, 5.74) is 7.38. The fourth-order valence-corrected chi connectivity index (χ4v) is 6.77. The van der Waals surface area contributed by atoms with Crippen molar-refractivity contribution in [1.82, 2.24) is 0 Å². The molecule has 0 fully saturated rings. The molecule has 6 aromatic rings. The molecule has 0 heterocycles. The summed E-state index contributed by atoms with van der Waals surface area (Å²) in [5.74, 6) is 0. The van der Waals surface area contributed by atoms with E-state index in [0.717, 1.165) is 44.5 Å². The summed E-state index contributed by atoms with van der Waals surface area (Å²) in [5, 5.41) is 26.4. The van der Waals surface area contributed by atoms with Gasteiger partial charge in [-0.3, -0.25) is 0 Å². The van der Waals surface area contributed by atoms with Crippen molar-refractivity contribution in [2.24, 2.45) is 0 Å². The molecule has 2 nitrogen and oxygen atoms in total. The number of hydrogen-bond donors (Lipinski definition) is 2.